The van der Waals surface area contributed by atoms with Crippen LogP contribution >= 0.6 is 0 Å². The van der Waals surface area contributed by atoms with Crippen molar-refractivity contribution in [3.63, 3.8) is 0 Å². The van der Waals surface area contributed by atoms with E-state index in [1.165, 1.54) is 0 Å². The lowest BCUT2D eigenvalue weighted by atomic mass is 10.00. The van der Waals surface area contributed by atoms with Crippen LogP contribution in [-0.2, 0) is 11.3 Å². The highest BCUT2D eigenvalue weighted by Crippen LogP contribution is 2.28. The highest BCUT2D eigenvalue weighted by molar-refractivity contribution is 5.75. The fourth-order valence-electron chi connectivity index (χ4n) is 2.45. The van der Waals surface area contributed by atoms with Gasteiger partial charge >= 0.3 is 5.97 Å². The number of hydrogen-bond donors (Lipinski definition) is 1. The van der Waals surface area contributed by atoms with Crippen molar-refractivity contribution in [2.24, 2.45) is 0 Å². The van der Waals surface area contributed by atoms with Gasteiger partial charge in [-0.2, -0.15) is 5.10 Å². The van der Waals surface area contributed by atoms with Gasteiger partial charge in [0.05, 0.1) is 7.11 Å². The first-order valence-corrected chi connectivity index (χ1v) is 6.51. The lowest BCUT2D eigenvalue weighted by Gasteiger charge is -2.17. The Bertz CT molecular complexity index is 634. The van der Waals surface area contributed by atoms with Crippen LogP contribution < -0.4 is 4.74 Å². The van der Waals surface area contributed by atoms with E-state index in [1.807, 2.05) is 24.3 Å². The van der Waals surface area contributed by atoms with Gasteiger partial charge < -0.3 is 9.84 Å². The summed E-state index contributed by atoms with van der Waals surface area (Å²) in [6.07, 6.45) is 1.44. The van der Waals surface area contributed by atoms with E-state index in [9.17, 15) is 9.90 Å². The van der Waals surface area contributed by atoms with E-state index in [0.717, 1.165) is 24.3 Å². The molecule has 1 aromatic carbocycles. The first-order valence-electron chi connectivity index (χ1n) is 6.51. The fraction of sp³-hybridized carbons (Fsp3) is 0.357. The van der Waals surface area contributed by atoms with E-state index >= 15 is 0 Å². The predicted molar refractivity (Wildman–Crippen MR) is 71.6 cm³/mol. The Morgan fingerprint density at radius 2 is 2.15 bits per heavy atom. The molecule has 104 valence electrons. The third-order valence-corrected chi connectivity index (χ3v) is 3.52. The van der Waals surface area contributed by atoms with Gasteiger partial charge in [0.15, 0.2) is 5.82 Å². The van der Waals surface area contributed by atoms with Crippen molar-refractivity contribution in [2.45, 2.75) is 25.3 Å². The number of aromatic nitrogens is 3. The molecule has 0 saturated heterocycles. The Morgan fingerprint density at radius 3 is 2.80 bits per heavy atom. The van der Waals surface area contributed by atoms with Crippen LogP contribution in [0, 0.1) is 0 Å². The molecule has 0 saturated carbocycles. The molecule has 20 heavy (non-hydrogen) atoms. The molecule has 6 heteroatoms. The average Bonchev–Trinajstić information content (AvgIpc) is 2.90. The van der Waals surface area contributed by atoms with E-state index in [2.05, 4.69) is 10.1 Å². The van der Waals surface area contributed by atoms with Crippen molar-refractivity contribution in [1.29, 1.82) is 0 Å². The summed E-state index contributed by atoms with van der Waals surface area (Å²) in [6, 6.07) is 7.42. The quantitative estimate of drug-likeness (QED) is 0.924. The Kier molecular flexibility index (Phi) is 3.14. The molecule has 1 aromatic heterocycles. The number of fused-ring (bicyclic) bond motifs is 1. The van der Waals surface area contributed by atoms with Gasteiger partial charge in [0.1, 0.15) is 17.5 Å². The molecular formula is C14H15N3O3. The van der Waals surface area contributed by atoms with E-state index in [-0.39, 0.29) is 0 Å². The van der Waals surface area contributed by atoms with Crippen LogP contribution in [-0.4, -0.2) is 33.0 Å². The minimum atomic E-state index is -0.834. The largest absolute Gasteiger partial charge is 0.497 e. The summed E-state index contributed by atoms with van der Waals surface area (Å²) < 4.78 is 6.82. The van der Waals surface area contributed by atoms with Crippen LogP contribution in [0.15, 0.2) is 24.3 Å². The molecule has 3 rings (SSSR count). The summed E-state index contributed by atoms with van der Waals surface area (Å²) in [7, 11) is 1.61. The second-order valence-electron chi connectivity index (χ2n) is 4.78. The minimum Gasteiger partial charge on any atom is -0.497 e. The van der Waals surface area contributed by atoms with Crippen molar-refractivity contribution in [3.05, 3.63) is 30.1 Å². The zero-order chi connectivity index (χ0) is 14.1. The molecule has 2 heterocycles. The molecule has 1 unspecified atom stereocenters. The number of nitrogens with zero attached hydrogens (tertiary/aromatic N) is 3. The van der Waals surface area contributed by atoms with Crippen molar-refractivity contribution in [3.8, 4) is 17.1 Å². The van der Waals surface area contributed by atoms with Crippen LogP contribution in [0.1, 0.15) is 24.6 Å². The number of carboxylic acids is 1. The molecule has 0 aliphatic carbocycles. The van der Waals surface area contributed by atoms with E-state index in [0.29, 0.717) is 18.1 Å². The summed E-state index contributed by atoms with van der Waals surface area (Å²) in [5, 5.41) is 13.6. The Labute approximate surface area is 116 Å². The summed E-state index contributed by atoms with van der Waals surface area (Å²) in [5.74, 6) is 0.495. The number of hydrogen-bond acceptors (Lipinski definition) is 4. The molecule has 6 nitrogen and oxygen atoms in total. The van der Waals surface area contributed by atoms with E-state index in [4.69, 9.17) is 4.74 Å². The molecule has 1 aliphatic rings. The van der Waals surface area contributed by atoms with Gasteiger partial charge in [-0.1, -0.05) is 0 Å². The Morgan fingerprint density at radius 1 is 1.40 bits per heavy atom. The van der Waals surface area contributed by atoms with Gasteiger partial charge in [-0.25, -0.2) is 9.67 Å². The standard InChI is InChI=1S/C14H15N3O3/c1-20-10-6-4-9(5-7-10)12-15-13-11(14(18)19)3-2-8-17(13)16-12/h4-7,11H,2-3,8H2,1H3,(H,18,19). The number of methoxy groups -OCH3 is 1. The van der Waals surface area contributed by atoms with Crippen molar-refractivity contribution in [1.82, 2.24) is 14.8 Å². The molecule has 1 aliphatic heterocycles. The summed E-state index contributed by atoms with van der Waals surface area (Å²) in [5.41, 5.74) is 0.858. The van der Waals surface area contributed by atoms with Gasteiger partial charge in [0, 0.05) is 12.1 Å². The first-order chi connectivity index (χ1) is 9.69. The van der Waals surface area contributed by atoms with Crippen LogP contribution in [0.25, 0.3) is 11.4 Å². The average molecular weight is 273 g/mol. The molecule has 0 amide bonds. The van der Waals surface area contributed by atoms with E-state index < -0.39 is 11.9 Å². The molecule has 2 aromatic rings. The topological polar surface area (TPSA) is 77.2 Å². The number of aryl methyl sites for hydroxylation is 1. The summed E-state index contributed by atoms with van der Waals surface area (Å²) in [4.78, 5) is 15.7. The maximum absolute atomic E-state index is 11.2. The highest BCUT2D eigenvalue weighted by atomic mass is 16.5. The molecule has 0 radical (unpaired) electrons. The number of benzene rings is 1. The molecule has 0 bridgehead atoms. The summed E-state index contributed by atoms with van der Waals surface area (Å²) >= 11 is 0. The van der Waals surface area contributed by atoms with Crippen LogP contribution in [0.4, 0.5) is 0 Å². The number of aliphatic carboxylic acids is 1. The normalized spacial score (nSPS) is 17.6. The predicted octanol–water partition coefficient (Wildman–Crippen LogP) is 1.92. The Balaban J connectivity index is 1.97. The SMILES string of the molecule is COc1ccc(-c2nc3n(n2)CCCC3C(=O)O)cc1. The zero-order valence-corrected chi connectivity index (χ0v) is 11.1. The second-order valence-corrected chi connectivity index (χ2v) is 4.78. The number of rotatable bonds is 3. The first kappa shape index (κ1) is 12.7. The third kappa shape index (κ3) is 2.13. The van der Waals surface area contributed by atoms with Gasteiger partial charge in [0.2, 0.25) is 0 Å². The van der Waals surface area contributed by atoms with Gasteiger partial charge in [0.25, 0.3) is 0 Å². The Hall–Kier alpha value is -2.37. The lowest BCUT2D eigenvalue weighted by Crippen LogP contribution is -2.22. The van der Waals surface area contributed by atoms with Gasteiger partial charge in [-0.15, -0.1) is 0 Å². The molecular weight excluding hydrogens is 258 g/mol. The molecule has 1 N–H and O–H groups in total. The van der Waals surface area contributed by atoms with Crippen LogP contribution in [0.2, 0.25) is 0 Å². The number of carboxylic acid groups (broad SMARTS) is 1. The lowest BCUT2D eigenvalue weighted by molar-refractivity contribution is -0.139. The maximum Gasteiger partial charge on any atom is 0.314 e. The smallest absolute Gasteiger partial charge is 0.314 e. The minimum absolute atomic E-state index is 0.551. The number of ether oxygens (including phenoxy) is 1. The molecule has 0 fully saturated rings. The van der Waals surface area contributed by atoms with Crippen molar-refractivity contribution < 1.29 is 14.6 Å². The van der Waals surface area contributed by atoms with Gasteiger partial charge in [-0.05, 0) is 37.1 Å². The monoisotopic (exact) mass is 273 g/mol. The maximum atomic E-state index is 11.2. The highest BCUT2D eigenvalue weighted by Gasteiger charge is 2.29. The van der Waals surface area contributed by atoms with E-state index in [1.54, 1.807) is 11.8 Å². The van der Waals surface area contributed by atoms with Crippen molar-refractivity contribution in [2.75, 3.05) is 7.11 Å². The fourth-order valence-corrected chi connectivity index (χ4v) is 2.45. The molecule has 0 spiro atoms. The molecule has 1 atom stereocenters. The van der Waals surface area contributed by atoms with Gasteiger partial charge in [-0.3, -0.25) is 4.79 Å². The van der Waals surface area contributed by atoms with Crippen LogP contribution in [0.5, 0.6) is 5.75 Å². The number of carbonyl (C=O) groups is 1. The second kappa shape index (κ2) is 4.96. The van der Waals surface area contributed by atoms with Crippen molar-refractivity contribution >= 4 is 5.97 Å². The van der Waals surface area contributed by atoms with Crippen LogP contribution in [0.3, 0.4) is 0 Å². The zero-order valence-electron chi connectivity index (χ0n) is 11.1. The third-order valence-electron chi connectivity index (χ3n) is 3.52. The summed E-state index contributed by atoms with van der Waals surface area (Å²) in [6.45, 7) is 0.724.